The van der Waals surface area contributed by atoms with Crippen LogP contribution in [0.15, 0.2) is 36.4 Å². The molecule has 0 atom stereocenters. The largest absolute Gasteiger partial charge is 0.368 e. The van der Waals surface area contributed by atoms with E-state index >= 15 is 0 Å². The zero-order chi connectivity index (χ0) is 19.8. The van der Waals surface area contributed by atoms with E-state index in [9.17, 15) is 8.78 Å². The summed E-state index contributed by atoms with van der Waals surface area (Å²) in [6, 6.07) is 8.87. The van der Waals surface area contributed by atoms with Gasteiger partial charge >= 0.3 is 0 Å². The summed E-state index contributed by atoms with van der Waals surface area (Å²) in [5, 5.41) is 3.59. The third-order valence-corrected chi connectivity index (χ3v) is 4.26. The molecular formula is C18H14ClF2N7. The maximum Gasteiger partial charge on any atom is 0.242 e. The second kappa shape index (κ2) is 7.01. The number of nitrogen functional groups attached to an aromatic ring is 1. The van der Waals surface area contributed by atoms with Gasteiger partial charge in [-0.3, -0.25) is 4.57 Å². The van der Waals surface area contributed by atoms with Gasteiger partial charge in [-0.2, -0.15) is 15.0 Å². The molecule has 10 heteroatoms. The van der Waals surface area contributed by atoms with Gasteiger partial charge in [-0.05, 0) is 24.3 Å². The van der Waals surface area contributed by atoms with Crippen molar-refractivity contribution in [3.63, 3.8) is 0 Å². The van der Waals surface area contributed by atoms with Crippen LogP contribution in [0.5, 0.6) is 0 Å². The van der Waals surface area contributed by atoms with Gasteiger partial charge < -0.3 is 11.1 Å². The van der Waals surface area contributed by atoms with E-state index in [1.54, 1.807) is 24.3 Å². The Bertz CT molecular complexity index is 1170. The van der Waals surface area contributed by atoms with Crippen molar-refractivity contribution in [2.75, 3.05) is 11.1 Å². The molecule has 0 aliphatic carbocycles. The minimum Gasteiger partial charge on any atom is -0.368 e. The minimum atomic E-state index is -0.759. The summed E-state index contributed by atoms with van der Waals surface area (Å²) in [5.74, 6) is -0.802. The Balaban J connectivity index is 1.85. The van der Waals surface area contributed by atoms with E-state index in [0.29, 0.717) is 23.0 Å². The third-order valence-electron chi connectivity index (χ3n) is 4.01. The first-order chi connectivity index (χ1) is 13.4. The summed E-state index contributed by atoms with van der Waals surface area (Å²) in [4.78, 5) is 16.8. The second-order valence-corrected chi connectivity index (χ2v) is 6.36. The molecule has 142 valence electrons. The van der Waals surface area contributed by atoms with Crippen LogP contribution in [0.4, 0.5) is 26.4 Å². The van der Waals surface area contributed by atoms with Gasteiger partial charge in [-0.15, -0.1) is 0 Å². The number of rotatable bonds is 4. The van der Waals surface area contributed by atoms with Gasteiger partial charge in [0.2, 0.25) is 17.8 Å². The van der Waals surface area contributed by atoms with Crippen LogP contribution in [-0.2, 0) is 6.42 Å². The molecule has 0 amide bonds. The molecule has 0 saturated carbocycles. The number of hydrogen-bond acceptors (Lipinski definition) is 6. The molecule has 3 N–H and O–H groups in total. The second-order valence-electron chi connectivity index (χ2n) is 5.92. The lowest BCUT2D eigenvalue weighted by atomic mass is 10.3. The summed E-state index contributed by atoms with van der Waals surface area (Å²) in [6.07, 6.45) is 0.446. The molecule has 4 aromatic rings. The monoisotopic (exact) mass is 401 g/mol. The molecule has 0 aliphatic rings. The molecule has 0 unspecified atom stereocenters. The SMILES string of the molecule is CCc1nc2c(F)cc(F)cc2n1-c1nc(N)nc(Nc2ccc(Cl)cc2)n1. The molecule has 0 bridgehead atoms. The lowest BCUT2D eigenvalue weighted by Crippen LogP contribution is -2.11. The van der Waals surface area contributed by atoms with Gasteiger partial charge in [0, 0.05) is 29.3 Å². The minimum absolute atomic E-state index is 0.0319. The number of fused-ring (bicyclic) bond motifs is 1. The number of nitrogens with one attached hydrogen (secondary N) is 1. The first kappa shape index (κ1) is 18.1. The Labute approximate surface area is 163 Å². The highest BCUT2D eigenvalue weighted by atomic mass is 35.5. The Morgan fingerprint density at radius 3 is 2.54 bits per heavy atom. The van der Waals surface area contributed by atoms with Crippen LogP contribution in [0, 0.1) is 11.6 Å². The van der Waals surface area contributed by atoms with Gasteiger partial charge in [-0.1, -0.05) is 18.5 Å². The molecule has 7 nitrogen and oxygen atoms in total. The Hall–Kier alpha value is -3.33. The maximum absolute atomic E-state index is 14.2. The lowest BCUT2D eigenvalue weighted by molar-refractivity contribution is 0.590. The van der Waals surface area contributed by atoms with Gasteiger partial charge in [0.25, 0.3) is 0 Å². The quantitative estimate of drug-likeness (QED) is 0.536. The number of nitrogens with zero attached hydrogens (tertiary/aromatic N) is 5. The highest BCUT2D eigenvalue weighted by molar-refractivity contribution is 6.30. The fourth-order valence-corrected chi connectivity index (χ4v) is 2.94. The average molecular weight is 402 g/mol. The normalized spacial score (nSPS) is 11.1. The number of hydrogen-bond donors (Lipinski definition) is 2. The summed E-state index contributed by atoms with van der Waals surface area (Å²) < 4.78 is 29.4. The molecule has 0 radical (unpaired) electrons. The van der Waals surface area contributed by atoms with Crippen molar-refractivity contribution in [2.45, 2.75) is 13.3 Å². The zero-order valence-electron chi connectivity index (χ0n) is 14.6. The summed E-state index contributed by atoms with van der Waals surface area (Å²) in [6.45, 7) is 1.84. The fraction of sp³-hybridized carbons (Fsp3) is 0.111. The highest BCUT2D eigenvalue weighted by Crippen LogP contribution is 2.25. The molecule has 2 aromatic carbocycles. The first-order valence-electron chi connectivity index (χ1n) is 8.35. The van der Waals surface area contributed by atoms with Crippen molar-refractivity contribution in [1.82, 2.24) is 24.5 Å². The summed E-state index contributed by atoms with van der Waals surface area (Å²) in [7, 11) is 0. The van der Waals surface area contributed by atoms with E-state index in [4.69, 9.17) is 17.3 Å². The van der Waals surface area contributed by atoms with Crippen molar-refractivity contribution < 1.29 is 8.78 Å². The van der Waals surface area contributed by atoms with E-state index in [0.717, 1.165) is 6.07 Å². The number of aryl methyl sites for hydroxylation is 1. The Morgan fingerprint density at radius 2 is 1.82 bits per heavy atom. The van der Waals surface area contributed by atoms with E-state index in [-0.39, 0.29) is 28.9 Å². The predicted molar refractivity (Wildman–Crippen MR) is 103 cm³/mol. The average Bonchev–Trinajstić information content (AvgIpc) is 3.02. The van der Waals surface area contributed by atoms with Crippen LogP contribution in [0.1, 0.15) is 12.7 Å². The van der Waals surface area contributed by atoms with Crippen LogP contribution in [0.2, 0.25) is 5.02 Å². The first-order valence-corrected chi connectivity index (χ1v) is 8.73. The van der Waals surface area contributed by atoms with Gasteiger partial charge in [0.05, 0.1) is 5.52 Å². The predicted octanol–water partition coefficient (Wildman–Crippen LogP) is 4.03. The number of anilines is 3. The van der Waals surface area contributed by atoms with Crippen molar-refractivity contribution >= 4 is 40.2 Å². The van der Waals surface area contributed by atoms with Crippen molar-refractivity contribution in [2.24, 2.45) is 0 Å². The third kappa shape index (κ3) is 3.31. The van der Waals surface area contributed by atoms with Gasteiger partial charge in [0.15, 0.2) is 5.82 Å². The zero-order valence-corrected chi connectivity index (χ0v) is 15.4. The molecule has 0 saturated heterocycles. The molecule has 0 aliphatic heterocycles. The van der Waals surface area contributed by atoms with Crippen LogP contribution < -0.4 is 11.1 Å². The van der Waals surface area contributed by atoms with E-state index in [1.165, 1.54) is 10.6 Å². The summed E-state index contributed by atoms with van der Waals surface area (Å²) in [5.41, 5.74) is 6.76. The van der Waals surface area contributed by atoms with Crippen LogP contribution in [0.25, 0.3) is 17.0 Å². The number of imidazole rings is 1. The van der Waals surface area contributed by atoms with E-state index < -0.39 is 11.6 Å². The molecule has 0 fully saturated rings. The van der Waals surface area contributed by atoms with E-state index in [1.807, 2.05) is 6.92 Å². The van der Waals surface area contributed by atoms with Crippen molar-refractivity contribution in [1.29, 1.82) is 0 Å². The highest BCUT2D eigenvalue weighted by Gasteiger charge is 2.19. The Morgan fingerprint density at radius 1 is 1.07 bits per heavy atom. The summed E-state index contributed by atoms with van der Waals surface area (Å²) >= 11 is 5.89. The maximum atomic E-state index is 14.2. The topological polar surface area (TPSA) is 94.5 Å². The van der Waals surface area contributed by atoms with Crippen LogP contribution >= 0.6 is 11.6 Å². The van der Waals surface area contributed by atoms with Crippen molar-refractivity contribution in [3.8, 4) is 5.95 Å². The molecule has 2 heterocycles. The lowest BCUT2D eigenvalue weighted by Gasteiger charge is -2.10. The molecular weight excluding hydrogens is 388 g/mol. The Kier molecular flexibility index (Phi) is 4.52. The van der Waals surface area contributed by atoms with Crippen LogP contribution in [-0.4, -0.2) is 24.5 Å². The number of benzene rings is 2. The standard InChI is InChI=1S/C18H14ClF2N7/c1-2-14-24-15-12(21)7-10(20)8-13(15)28(14)18-26-16(22)25-17(27-18)23-11-5-3-9(19)4-6-11/h3-8H,2H2,1H3,(H3,22,23,25,26,27). The smallest absolute Gasteiger partial charge is 0.242 e. The fourth-order valence-electron chi connectivity index (χ4n) is 2.81. The van der Waals surface area contributed by atoms with E-state index in [2.05, 4.69) is 25.3 Å². The number of nitrogens with two attached hydrogens (primary N) is 1. The number of aromatic nitrogens is 5. The van der Waals surface area contributed by atoms with Gasteiger partial charge in [-0.25, -0.2) is 13.8 Å². The number of halogens is 3. The molecule has 2 aromatic heterocycles. The van der Waals surface area contributed by atoms with Crippen molar-refractivity contribution in [3.05, 3.63) is 58.9 Å². The molecule has 28 heavy (non-hydrogen) atoms. The molecule has 0 spiro atoms. The van der Waals surface area contributed by atoms with Gasteiger partial charge in [0.1, 0.15) is 17.2 Å². The molecule has 4 rings (SSSR count). The van der Waals surface area contributed by atoms with Crippen LogP contribution in [0.3, 0.4) is 0 Å².